The van der Waals surface area contributed by atoms with Gasteiger partial charge in [0.05, 0.1) is 0 Å². The molecule has 0 aliphatic carbocycles. The summed E-state index contributed by atoms with van der Waals surface area (Å²) in [5.41, 5.74) is 2.17. The molecule has 1 radical (unpaired) electrons. The van der Waals surface area contributed by atoms with Gasteiger partial charge in [0.2, 0.25) is 5.89 Å². The second-order valence-electron chi connectivity index (χ2n) is 5.24. The maximum absolute atomic E-state index is 8.92. The van der Waals surface area contributed by atoms with Crippen LogP contribution in [0.4, 0.5) is 0 Å². The van der Waals surface area contributed by atoms with Crippen molar-refractivity contribution in [1.82, 2.24) is 10.2 Å². The number of hydrogen-bond donors (Lipinski definition) is 1. The molecule has 4 aromatic rings. The van der Waals surface area contributed by atoms with Crippen LogP contribution in [-0.2, 0) is 20.1 Å². The Morgan fingerprint density at radius 3 is 2.15 bits per heavy atom. The molecule has 6 heteroatoms. The van der Waals surface area contributed by atoms with E-state index < -0.39 is 0 Å². The van der Waals surface area contributed by atoms with Gasteiger partial charge in [0.25, 0.3) is 0 Å². The van der Waals surface area contributed by atoms with E-state index in [1.54, 1.807) is 18.2 Å². The minimum atomic E-state index is 0. The average molecular weight is 534 g/mol. The van der Waals surface area contributed by atoms with Gasteiger partial charge < -0.3 is 14.9 Å². The Hall–Kier alpha value is -3.08. The van der Waals surface area contributed by atoms with Crippen LogP contribution in [0.25, 0.3) is 28.3 Å². The minimum absolute atomic E-state index is 0. The summed E-state index contributed by atoms with van der Waals surface area (Å²) in [5.74, 6) is 1.11. The molecule has 1 heterocycles. The van der Waals surface area contributed by atoms with Crippen LogP contribution in [0.2, 0.25) is 0 Å². The van der Waals surface area contributed by atoms with Gasteiger partial charge >= 0.3 is 0 Å². The van der Waals surface area contributed by atoms with Crippen LogP contribution < -0.4 is 0 Å². The Morgan fingerprint density at radius 1 is 0.852 bits per heavy atom. The summed E-state index contributed by atoms with van der Waals surface area (Å²) >= 11 is 0. The second-order valence-corrected chi connectivity index (χ2v) is 5.24. The van der Waals surface area contributed by atoms with Crippen molar-refractivity contribution in [1.29, 1.82) is 0 Å². The average Bonchev–Trinajstić information content (AvgIpc) is 3.21. The molecule has 0 saturated carbocycles. The van der Waals surface area contributed by atoms with Gasteiger partial charge in [-0.25, -0.2) is 0 Å². The molecule has 1 aromatic heterocycles. The number of aromatic nitrogens is 2. The third-order valence-corrected chi connectivity index (χ3v) is 3.46. The third-order valence-electron chi connectivity index (χ3n) is 3.46. The summed E-state index contributed by atoms with van der Waals surface area (Å²) in [4.78, 5) is 0. The third kappa shape index (κ3) is 5.44. The minimum Gasteiger partial charge on any atom is -0.810 e. The Labute approximate surface area is 170 Å². The van der Waals surface area contributed by atoms with Gasteiger partial charge in [-0.05, 0) is 23.8 Å². The van der Waals surface area contributed by atoms with Crippen molar-refractivity contribution < 1.29 is 29.6 Å². The summed E-state index contributed by atoms with van der Waals surface area (Å²) in [6.45, 7) is 0. The van der Waals surface area contributed by atoms with Crippen molar-refractivity contribution >= 4 is 6.21 Å². The van der Waals surface area contributed by atoms with E-state index in [9.17, 15) is 0 Å². The van der Waals surface area contributed by atoms with Gasteiger partial charge in [-0.2, -0.15) is 11.3 Å². The largest absolute Gasteiger partial charge is 0.810 e. The van der Waals surface area contributed by atoms with Crippen molar-refractivity contribution in [3.63, 3.8) is 0 Å². The Bertz CT molecular complexity index is 919. The van der Waals surface area contributed by atoms with Crippen LogP contribution in [-0.4, -0.2) is 21.5 Å². The van der Waals surface area contributed by atoms with Crippen LogP contribution in [0, 0.1) is 6.07 Å². The van der Waals surface area contributed by atoms with Gasteiger partial charge in [0, 0.05) is 25.7 Å². The number of aromatic hydroxyl groups is 1. The van der Waals surface area contributed by atoms with Gasteiger partial charge in [-0.3, -0.25) is 0 Å². The Balaban J connectivity index is 0.000000224. The van der Waals surface area contributed by atoms with Gasteiger partial charge in [0.15, 0.2) is 5.89 Å². The van der Waals surface area contributed by atoms with Crippen molar-refractivity contribution in [2.75, 3.05) is 0 Å². The number of hydrogen-bond acceptors (Lipinski definition) is 4. The molecule has 137 valence electrons. The molecular weight excluding hydrogens is 518 g/mol. The molecule has 0 spiro atoms. The first-order valence-corrected chi connectivity index (χ1v) is 7.89. The number of phenols is 1. The van der Waals surface area contributed by atoms with E-state index in [0.29, 0.717) is 17.3 Å². The molecule has 0 atom stereocenters. The van der Waals surface area contributed by atoms with Crippen LogP contribution in [0.3, 0.4) is 0 Å². The zero-order chi connectivity index (χ0) is 18.2. The molecule has 5 nitrogen and oxygen atoms in total. The van der Waals surface area contributed by atoms with Crippen LogP contribution >= 0.6 is 0 Å². The van der Waals surface area contributed by atoms with Gasteiger partial charge in [0.1, 0.15) is 5.75 Å². The standard InChI is InChI=1S/C14H9N2O.C7H6NO.Ir/c1-3-7-11(8-4-1)13-15-16-14(17-13)12-9-5-2-6-10-12;8-5-6-3-1-2-4-7(6)9;/h1-9H;1-5,9H;/q2*-1;. The van der Waals surface area contributed by atoms with Crippen molar-refractivity contribution in [3.8, 4) is 28.7 Å². The summed E-state index contributed by atoms with van der Waals surface area (Å²) < 4.78 is 5.60. The van der Waals surface area contributed by atoms with Crippen LogP contribution in [0.1, 0.15) is 5.56 Å². The molecule has 1 N–H and O–H groups in total. The summed E-state index contributed by atoms with van der Waals surface area (Å²) in [6.07, 6.45) is 0.870. The monoisotopic (exact) mass is 534 g/mol. The molecule has 0 aliphatic rings. The van der Waals surface area contributed by atoms with E-state index >= 15 is 0 Å². The van der Waals surface area contributed by atoms with Crippen molar-refractivity contribution in [2.45, 2.75) is 0 Å². The van der Waals surface area contributed by atoms with Crippen LogP contribution in [0.15, 0.2) is 83.3 Å². The van der Waals surface area contributed by atoms with E-state index in [4.69, 9.17) is 14.9 Å². The number of nitrogens with zero attached hydrogens (tertiary/aromatic N) is 3. The predicted octanol–water partition coefficient (Wildman–Crippen LogP) is 4.58. The fourth-order valence-electron chi connectivity index (χ4n) is 2.15. The molecule has 4 rings (SSSR count). The molecule has 27 heavy (non-hydrogen) atoms. The molecule has 0 fully saturated rings. The molecule has 0 saturated heterocycles. The van der Waals surface area contributed by atoms with E-state index in [1.165, 1.54) is 6.07 Å². The molecule has 0 unspecified atom stereocenters. The maximum Gasteiger partial charge on any atom is 0.237 e. The topological polar surface area (TPSA) is 81.5 Å². The van der Waals surface area contributed by atoms with E-state index in [-0.39, 0.29) is 25.9 Å². The number of rotatable bonds is 3. The first-order valence-electron chi connectivity index (χ1n) is 7.89. The number of phenolic OH excluding ortho intramolecular Hbond substituents is 1. The zero-order valence-electron chi connectivity index (χ0n) is 14.1. The maximum atomic E-state index is 8.92. The first-order chi connectivity index (χ1) is 12.8. The van der Waals surface area contributed by atoms with Gasteiger partial charge in [-0.15, -0.1) is 35.4 Å². The number of benzene rings is 3. The summed E-state index contributed by atoms with van der Waals surface area (Å²) in [6, 6.07) is 26.9. The molecule has 0 aliphatic heterocycles. The van der Waals surface area contributed by atoms with Gasteiger partial charge in [-0.1, -0.05) is 42.0 Å². The quantitative estimate of drug-likeness (QED) is 0.309. The van der Waals surface area contributed by atoms with E-state index in [1.807, 2.05) is 54.6 Å². The van der Waals surface area contributed by atoms with E-state index in [2.05, 4.69) is 16.3 Å². The normalized spacial score (nSPS) is 9.48. The fraction of sp³-hybridized carbons (Fsp3) is 0. The SMILES string of the molecule is [Ir].[N-]=Cc1ccccc1O.[c-]1ccccc1-c1nnc(-c2ccccc2)o1. The molecule has 3 aromatic carbocycles. The molecule has 0 amide bonds. The first kappa shape index (κ1) is 20.2. The summed E-state index contributed by atoms with van der Waals surface area (Å²) in [7, 11) is 0. The van der Waals surface area contributed by atoms with Crippen molar-refractivity contribution in [2.24, 2.45) is 0 Å². The van der Waals surface area contributed by atoms with Crippen molar-refractivity contribution in [3.05, 3.63) is 95.9 Å². The predicted molar refractivity (Wildman–Crippen MR) is 101 cm³/mol. The summed E-state index contributed by atoms with van der Waals surface area (Å²) in [5, 5.41) is 25.4. The molecule has 0 bridgehead atoms. The second kappa shape index (κ2) is 10.2. The smallest absolute Gasteiger partial charge is 0.237 e. The Kier molecular flexibility index (Phi) is 7.62. The molecular formula is C21H15IrN3O2-2. The Morgan fingerprint density at radius 2 is 1.52 bits per heavy atom. The fourth-order valence-corrected chi connectivity index (χ4v) is 2.15. The zero-order valence-corrected chi connectivity index (χ0v) is 16.5. The number of para-hydroxylation sites is 1. The van der Waals surface area contributed by atoms with E-state index in [0.717, 1.165) is 17.3 Å². The van der Waals surface area contributed by atoms with Crippen LogP contribution in [0.5, 0.6) is 5.75 Å².